The Morgan fingerprint density at radius 3 is 2.50 bits per heavy atom. The summed E-state index contributed by atoms with van der Waals surface area (Å²) >= 11 is 0. The van der Waals surface area contributed by atoms with Crippen molar-refractivity contribution in [2.24, 2.45) is 5.41 Å². The van der Waals surface area contributed by atoms with E-state index in [1.54, 1.807) is 0 Å². The van der Waals surface area contributed by atoms with E-state index in [1.807, 2.05) is 26.2 Å². The molecule has 5 heteroatoms. The largest absolute Gasteiger partial charge is 0.392 e. The van der Waals surface area contributed by atoms with Crippen molar-refractivity contribution in [1.82, 2.24) is 15.5 Å². The lowest BCUT2D eigenvalue weighted by Crippen LogP contribution is -2.47. The number of hydrogen-bond acceptors (Lipinski definition) is 3. The molecule has 1 aliphatic rings. The first-order valence-electron chi connectivity index (χ1n) is 8.81. The summed E-state index contributed by atoms with van der Waals surface area (Å²) in [6.07, 6.45) is 3.67. The SMILES string of the molecule is CN(C)Cc1ccc(CNC(=O)NCC2(C)CCCCC2O)cc1. The van der Waals surface area contributed by atoms with Gasteiger partial charge in [0.2, 0.25) is 0 Å². The molecule has 0 aliphatic heterocycles. The predicted molar refractivity (Wildman–Crippen MR) is 96.7 cm³/mol. The second-order valence-corrected chi connectivity index (χ2v) is 7.51. The van der Waals surface area contributed by atoms with Gasteiger partial charge in [-0.3, -0.25) is 0 Å². The van der Waals surface area contributed by atoms with Crippen LogP contribution in [0.5, 0.6) is 0 Å². The van der Waals surface area contributed by atoms with Gasteiger partial charge in [0.25, 0.3) is 0 Å². The minimum absolute atomic E-state index is 0.175. The number of nitrogens with zero attached hydrogens (tertiary/aromatic N) is 1. The van der Waals surface area contributed by atoms with Crippen molar-refractivity contribution in [2.75, 3.05) is 20.6 Å². The predicted octanol–water partition coefficient (Wildman–Crippen LogP) is 2.49. The number of aliphatic hydroxyl groups is 1. The van der Waals surface area contributed by atoms with Gasteiger partial charge in [0.15, 0.2) is 0 Å². The molecule has 5 nitrogen and oxygen atoms in total. The van der Waals surface area contributed by atoms with Crippen molar-refractivity contribution in [3.63, 3.8) is 0 Å². The van der Waals surface area contributed by atoms with Gasteiger partial charge in [-0.1, -0.05) is 44.0 Å². The third-order valence-corrected chi connectivity index (χ3v) is 4.91. The number of nitrogens with one attached hydrogen (secondary N) is 2. The third-order valence-electron chi connectivity index (χ3n) is 4.91. The second kappa shape index (κ2) is 8.49. The van der Waals surface area contributed by atoms with Crippen molar-refractivity contribution >= 4 is 6.03 Å². The number of aliphatic hydroxyl groups excluding tert-OH is 1. The van der Waals surface area contributed by atoms with E-state index in [1.165, 1.54) is 5.56 Å². The lowest BCUT2D eigenvalue weighted by Gasteiger charge is -2.38. The number of hydrogen-bond donors (Lipinski definition) is 3. The fourth-order valence-electron chi connectivity index (χ4n) is 3.24. The normalized spacial score (nSPS) is 24.0. The van der Waals surface area contributed by atoms with Gasteiger partial charge in [0.1, 0.15) is 0 Å². The van der Waals surface area contributed by atoms with Crippen LogP contribution in [0.1, 0.15) is 43.7 Å². The molecule has 0 saturated heterocycles. The molecule has 24 heavy (non-hydrogen) atoms. The second-order valence-electron chi connectivity index (χ2n) is 7.51. The van der Waals surface area contributed by atoms with Gasteiger partial charge >= 0.3 is 6.03 Å². The zero-order valence-corrected chi connectivity index (χ0v) is 15.1. The lowest BCUT2D eigenvalue weighted by atomic mass is 9.73. The number of benzene rings is 1. The van der Waals surface area contributed by atoms with Crippen LogP contribution in [0.25, 0.3) is 0 Å². The molecule has 2 amide bonds. The Bertz CT molecular complexity index is 530. The van der Waals surface area contributed by atoms with Crippen molar-refractivity contribution in [3.05, 3.63) is 35.4 Å². The highest BCUT2D eigenvalue weighted by Crippen LogP contribution is 2.35. The lowest BCUT2D eigenvalue weighted by molar-refractivity contribution is 0.00309. The van der Waals surface area contributed by atoms with Crippen LogP contribution in [-0.4, -0.2) is 42.8 Å². The maximum Gasteiger partial charge on any atom is 0.315 e. The van der Waals surface area contributed by atoms with E-state index in [0.29, 0.717) is 13.1 Å². The molecule has 2 rings (SSSR count). The van der Waals surface area contributed by atoms with E-state index in [9.17, 15) is 9.90 Å². The molecular formula is C19H31N3O2. The minimum Gasteiger partial charge on any atom is -0.392 e. The summed E-state index contributed by atoms with van der Waals surface area (Å²) in [5.74, 6) is 0. The summed E-state index contributed by atoms with van der Waals surface area (Å²) in [7, 11) is 4.09. The molecule has 0 aromatic heterocycles. The van der Waals surface area contributed by atoms with Crippen LogP contribution >= 0.6 is 0 Å². The van der Waals surface area contributed by atoms with Crippen LogP contribution in [0.2, 0.25) is 0 Å². The standard InChI is InChI=1S/C19H31N3O2/c1-19(11-5-4-6-17(19)23)14-21-18(24)20-12-15-7-9-16(10-8-15)13-22(2)3/h7-10,17,23H,4-6,11-14H2,1-3H3,(H2,20,21,24). The van der Waals surface area contributed by atoms with Crippen LogP contribution in [0.4, 0.5) is 4.79 Å². The van der Waals surface area contributed by atoms with E-state index in [-0.39, 0.29) is 17.6 Å². The van der Waals surface area contributed by atoms with Crippen LogP contribution in [0.3, 0.4) is 0 Å². The van der Waals surface area contributed by atoms with Gasteiger partial charge in [-0.15, -0.1) is 0 Å². The molecule has 0 radical (unpaired) electrons. The van der Waals surface area contributed by atoms with E-state index in [4.69, 9.17) is 0 Å². The molecule has 0 heterocycles. The van der Waals surface area contributed by atoms with Crippen molar-refractivity contribution in [3.8, 4) is 0 Å². The Labute approximate surface area is 145 Å². The summed E-state index contributed by atoms with van der Waals surface area (Å²) in [5, 5.41) is 16.0. The van der Waals surface area contributed by atoms with Crippen LogP contribution in [0.15, 0.2) is 24.3 Å². The van der Waals surface area contributed by atoms with Gasteiger partial charge in [0, 0.05) is 25.0 Å². The molecule has 0 spiro atoms. The molecule has 3 N–H and O–H groups in total. The van der Waals surface area contributed by atoms with Crippen molar-refractivity contribution in [1.29, 1.82) is 0 Å². The Morgan fingerprint density at radius 1 is 1.21 bits per heavy atom. The van der Waals surface area contributed by atoms with Gasteiger partial charge in [0.05, 0.1) is 6.10 Å². The molecule has 134 valence electrons. The quantitative estimate of drug-likeness (QED) is 0.749. The molecule has 1 aromatic rings. The Balaban J connectivity index is 1.74. The number of urea groups is 1. The first-order chi connectivity index (χ1) is 11.4. The van der Waals surface area contributed by atoms with E-state index < -0.39 is 0 Å². The first kappa shape index (κ1) is 18.7. The van der Waals surface area contributed by atoms with Crippen LogP contribution in [-0.2, 0) is 13.1 Å². The van der Waals surface area contributed by atoms with Gasteiger partial charge in [-0.05, 0) is 38.1 Å². The summed E-state index contributed by atoms with van der Waals surface area (Å²) in [6, 6.07) is 8.10. The zero-order valence-electron chi connectivity index (χ0n) is 15.1. The molecule has 2 unspecified atom stereocenters. The van der Waals surface area contributed by atoms with Crippen LogP contribution in [0, 0.1) is 5.41 Å². The molecule has 1 fully saturated rings. The number of carbonyl (C=O) groups is 1. The first-order valence-corrected chi connectivity index (χ1v) is 8.81. The molecular weight excluding hydrogens is 302 g/mol. The summed E-state index contributed by atoms with van der Waals surface area (Å²) in [6.45, 7) is 3.99. The highest BCUT2D eigenvalue weighted by Gasteiger charge is 2.35. The Kier molecular flexibility index (Phi) is 6.63. The molecule has 1 saturated carbocycles. The van der Waals surface area contributed by atoms with Crippen LogP contribution < -0.4 is 10.6 Å². The van der Waals surface area contributed by atoms with E-state index in [2.05, 4.69) is 34.6 Å². The average molecular weight is 333 g/mol. The van der Waals surface area contributed by atoms with Crippen molar-refractivity contribution in [2.45, 2.75) is 51.8 Å². The van der Waals surface area contributed by atoms with Gasteiger partial charge in [-0.25, -0.2) is 4.79 Å². The molecule has 1 aliphatic carbocycles. The summed E-state index contributed by atoms with van der Waals surface area (Å²) < 4.78 is 0. The maximum absolute atomic E-state index is 12.0. The smallest absolute Gasteiger partial charge is 0.315 e. The number of carbonyl (C=O) groups excluding carboxylic acids is 1. The fraction of sp³-hybridized carbons (Fsp3) is 0.632. The Hall–Kier alpha value is -1.59. The van der Waals surface area contributed by atoms with E-state index >= 15 is 0 Å². The minimum atomic E-state index is -0.323. The topological polar surface area (TPSA) is 64.6 Å². The van der Waals surface area contributed by atoms with Crippen molar-refractivity contribution < 1.29 is 9.90 Å². The average Bonchev–Trinajstić information content (AvgIpc) is 2.55. The Morgan fingerprint density at radius 2 is 1.88 bits per heavy atom. The zero-order chi connectivity index (χ0) is 17.6. The molecule has 1 aromatic carbocycles. The third kappa shape index (κ3) is 5.49. The molecule has 2 atom stereocenters. The summed E-state index contributed by atoms with van der Waals surface area (Å²) in [4.78, 5) is 14.1. The fourth-order valence-corrected chi connectivity index (χ4v) is 3.24. The maximum atomic E-state index is 12.0. The summed E-state index contributed by atoms with van der Waals surface area (Å²) in [5.41, 5.74) is 2.13. The van der Waals surface area contributed by atoms with Gasteiger partial charge < -0.3 is 20.6 Å². The van der Waals surface area contributed by atoms with E-state index in [0.717, 1.165) is 37.8 Å². The highest BCUT2D eigenvalue weighted by molar-refractivity contribution is 5.73. The van der Waals surface area contributed by atoms with Gasteiger partial charge in [-0.2, -0.15) is 0 Å². The molecule has 0 bridgehead atoms. The highest BCUT2D eigenvalue weighted by atomic mass is 16.3. The number of rotatable bonds is 6. The monoisotopic (exact) mass is 333 g/mol. The number of amides is 2.